The molecule has 0 aliphatic heterocycles. The average molecular weight is 176 g/mol. The Morgan fingerprint density at radius 2 is 1.83 bits per heavy atom. The summed E-state index contributed by atoms with van der Waals surface area (Å²) in [6.45, 7) is 8.57. The second kappa shape index (κ2) is 3.72. The summed E-state index contributed by atoms with van der Waals surface area (Å²) in [5.74, 6) is 0. The summed E-state index contributed by atoms with van der Waals surface area (Å²) < 4.78 is 0. The lowest BCUT2D eigenvalue weighted by atomic mass is 10.2. The molecule has 0 heterocycles. The predicted octanol–water partition coefficient (Wildman–Crippen LogP) is 3.20. The monoisotopic (exact) mass is 176 g/mol. The molecular weight excluding hydrogens is 160 g/mol. The molecule has 1 heteroatoms. The van der Waals surface area contributed by atoms with Gasteiger partial charge in [-0.15, -0.1) is 12.3 Å². The van der Waals surface area contributed by atoms with Gasteiger partial charge in [0.1, 0.15) is 0 Å². The lowest BCUT2D eigenvalue weighted by molar-refractivity contribution is 1.32. The van der Waals surface area contributed by atoms with Gasteiger partial charge in [0, 0.05) is 0 Å². The Kier molecular flexibility index (Phi) is 2.87. The second-order valence-electron chi connectivity index (χ2n) is 3.86. The molecule has 0 N–H and O–H groups in total. The second-order valence-corrected chi connectivity index (χ2v) is 8.59. The smallest absolute Gasteiger partial charge is 0.0752 e. The zero-order valence-corrected chi connectivity index (χ0v) is 8.88. The fraction of sp³-hybridized carbons (Fsp3) is 0.273. The molecule has 64 valence electrons. The summed E-state index contributed by atoms with van der Waals surface area (Å²) in [5, 5.41) is 0. The van der Waals surface area contributed by atoms with Crippen molar-refractivity contribution in [3.05, 3.63) is 48.2 Å². The maximum Gasteiger partial charge on any atom is 0.0752 e. The van der Waals surface area contributed by atoms with E-state index in [-0.39, 0.29) is 0 Å². The van der Waals surface area contributed by atoms with Crippen LogP contribution in [0.2, 0.25) is 13.1 Å². The topological polar surface area (TPSA) is 0 Å². The zero-order chi connectivity index (χ0) is 9.03. The van der Waals surface area contributed by atoms with Gasteiger partial charge in [0.2, 0.25) is 0 Å². The third kappa shape index (κ3) is 2.66. The van der Waals surface area contributed by atoms with Crippen molar-refractivity contribution >= 4 is 8.07 Å². The van der Waals surface area contributed by atoms with E-state index in [2.05, 4.69) is 55.7 Å². The van der Waals surface area contributed by atoms with Crippen molar-refractivity contribution in [2.45, 2.75) is 19.1 Å². The summed E-state index contributed by atoms with van der Waals surface area (Å²) in [5.41, 5.74) is 3.59. The van der Waals surface area contributed by atoms with E-state index in [4.69, 9.17) is 0 Å². The van der Waals surface area contributed by atoms with E-state index in [9.17, 15) is 0 Å². The molecule has 12 heavy (non-hydrogen) atoms. The van der Waals surface area contributed by atoms with Crippen LogP contribution in [0.3, 0.4) is 0 Å². The third-order valence-corrected chi connectivity index (χ3v) is 4.48. The van der Waals surface area contributed by atoms with E-state index < -0.39 is 8.07 Å². The minimum Gasteiger partial charge on any atom is -0.107 e. The normalized spacial score (nSPS) is 11.2. The Hall–Kier alpha value is -0.823. The molecule has 0 bridgehead atoms. The van der Waals surface area contributed by atoms with Crippen LogP contribution < -0.4 is 0 Å². The fourth-order valence-corrected chi connectivity index (χ4v) is 2.63. The van der Waals surface area contributed by atoms with Crippen LogP contribution in [0.15, 0.2) is 42.6 Å². The molecule has 1 aromatic carbocycles. The van der Waals surface area contributed by atoms with Crippen molar-refractivity contribution in [1.82, 2.24) is 0 Å². The van der Waals surface area contributed by atoms with Crippen LogP contribution in [0, 0.1) is 0 Å². The third-order valence-electron chi connectivity index (χ3n) is 2.06. The van der Waals surface area contributed by atoms with Gasteiger partial charge in [-0.2, -0.15) is 0 Å². The zero-order valence-electron chi connectivity index (χ0n) is 7.88. The Morgan fingerprint density at radius 3 is 2.33 bits per heavy atom. The van der Waals surface area contributed by atoms with E-state index in [0.717, 1.165) is 0 Å². The van der Waals surface area contributed by atoms with Crippen LogP contribution in [0.25, 0.3) is 0 Å². The van der Waals surface area contributed by atoms with Crippen LogP contribution in [0.1, 0.15) is 5.56 Å². The van der Waals surface area contributed by atoms with Crippen molar-refractivity contribution in [1.29, 1.82) is 0 Å². The number of hydrogen-bond donors (Lipinski definition) is 0. The first kappa shape index (κ1) is 9.27. The van der Waals surface area contributed by atoms with Gasteiger partial charge in [-0.25, -0.2) is 0 Å². The highest BCUT2D eigenvalue weighted by molar-refractivity contribution is 6.81. The molecule has 0 nitrogen and oxygen atoms in total. The largest absolute Gasteiger partial charge is 0.107 e. The highest BCUT2D eigenvalue weighted by atomic mass is 28.3. The molecule has 1 aromatic rings. The van der Waals surface area contributed by atoms with Crippen molar-refractivity contribution < 1.29 is 0 Å². The van der Waals surface area contributed by atoms with Crippen LogP contribution in [-0.2, 0) is 6.04 Å². The summed E-state index contributed by atoms with van der Waals surface area (Å²) in [6.07, 6.45) is 0. The minimum atomic E-state index is -1.15. The number of rotatable bonds is 3. The molecule has 0 fully saturated rings. The van der Waals surface area contributed by atoms with E-state index >= 15 is 0 Å². The van der Waals surface area contributed by atoms with E-state index in [1.165, 1.54) is 11.6 Å². The van der Waals surface area contributed by atoms with Gasteiger partial charge in [-0.3, -0.25) is 0 Å². The van der Waals surface area contributed by atoms with Crippen LogP contribution in [-0.4, -0.2) is 8.07 Å². The molecule has 0 atom stereocenters. The SMILES string of the molecule is C=C[Si](C)(C)Cc1ccccc1. The van der Waals surface area contributed by atoms with Crippen molar-refractivity contribution in [3.8, 4) is 0 Å². The summed E-state index contributed by atoms with van der Waals surface area (Å²) in [6, 6.07) is 11.9. The molecular formula is C11H16Si. The molecule has 0 aromatic heterocycles. The standard InChI is InChI=1S/C11H16Si/c1-4-12(2,3)10-11-8-6-5-7-9-11/h4-9H,1,10H2,2-3H3. The van der Waals surface area contributed by atoms with Crippen molar-refractivity contribution in [2.24, 2.45) is 0 Å². The lowest BCUT2D eigenvalue weighted by Crippen LogP contribution is -2.26. The van der Waals surface area contributed by atoms with Gasteiger partial charge in [0.15, 0.2) is 0 Å². The average Bonchev–Trinajstić information content (AvgIpc) is 2.06. The fourth-order valence-electron chi connectivity index (χ4n) is 1.19. The van der Waals surface area contributed by atoms with Gasteiger partial charge in [-0.05, 0) is 6.04 Å². The number of benzene rings is 1. The van der Waals surface area contributed by atoms with Gasteiger partial charge >= 0.3 is 0 Å². The molecule has 0 saturated heterocycles. The van der Waals surface area contributed by atoms with E-state index in [0.29, 0.717) is 0 Å². The molecule has 0 radical (unpaired) electrons. The van der Waals surface area contributed by atoms with Gasteiger partial charge in [-0.1, -0.05) is 49.0 Å². The molecule has 0 amide bonds. The van der Waals surface area contributed by atoms with E-state index in [1.54, 1.807) is 0 Å². The molecule has 0 aliphatic rings. The summed E-state index contributed by atoms with van der Waals surface area (Å²) in [4.78, 5) is 0. The Bertz CT molecular complexity index is 249. The first-order valence-electron chi connectivity index (χ1n) is 4.31. The van der Waals surface area contributed by atoms with Crippen LogP contribution in [0.5, 0.6) is 0 Å². The van der Waals surface area contributed by atoms with Crippen LogP contribution >= 0.6 is 0 Å². The summed E-state index contributed by atoms with van der Waals surface area (Å²) >= 11 is 0. The minimum absolute atomic E-state index is 1.15. The Balaban J connectivity index is 2.70. The number of hydrogen-bond acceptors (Lipinski definition) is 0. The molecule has 0 saturated carbocycles. The lowest BCUT2D eigenvalue weighted by Gasteiger charge is -2.16. The molecule has 0 aliphatic carbocycles. The van der Waals surface area contributed by atoms with E-state index in [1.807, 2.05) is 0 Å². The maximum absolute atomic E-state index is 3.89. The molecule has 0 unspecified atom stereocenters. The first-order valence-corrected chi connectivity index (χ1v) is 7.60. The molecule has 0 spiro atoms. The van der Waals surface area contributed by atoms with Crippen molar-refractivity contribution in [2.75, 3.05) is 0 Å². The molecule has 1 rings (SSSR count). The maximum atomic E-state index is 3.89. The Morgan fingerprint density at radius 1 is 1.25 bits per heavy atom. The van der Waals surface area contributed by atoms with Gasteiger partial charge < -0.3 is 0 Å². The highest BCUT2D eigenvalue weighted by Crippen LogP contribution is 2.11. The summed E-state index contributed by atoms with van der Waals surface area (Å²) in [7, 11) is -1.15. The Labute approximate surface area is 75.9 Å². The van der Waals surface area contributed by atoms with Gasteiger partial charge in [0.05, 0.1) is 8.07 Å². The first-order chi connectivity index (χ1) is 5.64. The highest BCUT2D eigenvalue weighted by Gasteiger charge is 2.15. The van der Waals surface area contributed by atoms with Crippen LogP contribution in [0.4, 0.5) is 0 Å². The quantitative estimate of drug-likeness (QED) is 0.620. The predicted molar refractivity (Wildman–Crippen MR) is 57.8 cm³/mol. The van der Waals surface area contributed by atoms with Gasteiger partial charge in [0.25, 0.3) is 0 Å². The van der Waals surface area contributed by atoms with Crippen molar-refractivity contribution in [3.63, 3.8) is 0 Å².